The van der Waals surface area contributed by atoms with Crippen LogP contribution in [-0.4, -0.2) is 42.3 Å². The molecule has 0 aromatic carbocycles. The third kappa shape index (κ3) is 3.01. The number of thiophene rings is 1. The van der Waals surface area contributed by atoms with Gasteiger partial charge in [0.05, 0.1) is 0 Å². The summed E-state index contributed by atoms with van der Waals surface area (Å²) >= 11 is 1.81. The van der Waals surface area contributed by atoms with E-state index < -0.39 is 0 Å². The van der Waals surface area contributed by atoms with Crippen LogP contribution in [-0.2, 0) is 6.54 Å². The van der Waals surface area contributed by atoms with Gasteiger partial charge in [-0.3, -0.25) is 4.90 Å². The van der Waals surface area contributed by atoms with Gasteiger partial charge in [-0.1, -0.05) is 6.07 Å². The molecule has 1 aliphatic rings. The Hall–Kier alpha value is -0.420. The highest BCUT2D eigenvalue weighted by molar-refractivity contribution is 7.09. The van der Waals surface area contributed by atoms with Crippen LogP contribution in [0.25, 0.3) is 0 Å². The molecule has 1 aromatic rings. The zero-order valence-electron chi connectivity index (χ0n) is 8.85. The average molecular weight is 226 g/mol. The Bertz CT molecular complexity index is 274. The zero-order valence-corrected chi connectivity index (χ0v) is 9.67. The normalized spacial score (nSPS) is 23.1. The van der Waals surface area contributed by atoms with E-state index in [-0.39, 0.29) is 6.61 Å². The Kier molecular flexibility index (Phi) is 4.14. The quantitative estimate of drug-likeness (QED) is 0.801. The van der Waals surface area contributed by atoms with Crippen LogP contribution in [0.1, 0.15) is 11.3 Å². The molecule has 2 rings (SSSR count). The van der Waals surface area contributed by atoms with E-state index in [0.717, 1.165) is 32.6 Å². The molecular weight excluding hydrogens is 208 g/mol. The van der Waals surface area contributed by atoms with Crippen molar-refractivity contribution < 1.29 is 5.11 Å². The number of hydrogen-bond acceptors (Lipinski definition) is 4. The van der Waals surface area contributed by atoms with Gasteiger partial charge >= 0.3 is 0 Å². The molecule has 1 saturated heterocycles. The lowest BCUT2D eigenvalue weighted by Crippen LogP contribution is -2.50. The zero-order chi connectivity index (χ0) is 10.5. The molecule has 1 atom stereocenters. The fourth-order valence-corrected chi connectivity index (χ4v) is 2.78. The van der Waals surface area contributed by atoms with Crippen molar-refractivity contribution in [2.75, 3.05) is 26.2 Å². The smallest absolute Gasteiger partial charge is 0.0446 e. The predicted molar refractivity (Wildman–Crippen MR) is 63.1 cm³/mol. The first kappa shape index (κ1) is 11.1. The molecule has 15 heavy (non-hydrogen) atoms. The molecule has 0 bridgehead atoms. The molecule has 0 radical (unpaired) electrons. The maximum Gasteiger partial charge on any atom is 0.0446 e. The molecule has 2 N–H and O–H groups in total. The van der Waals surface area contributed by atoms with Crippen LogP contribution < -0.4 is 5.32 Å². The van der Waals surface area contributed by atoms with E-state index in [1.54, 1.807) is 0 Å². The second-order valence-corrected chi connectivity index (χ2v) is 4.95. The number of hydrogen-bond donors (Lipinski definition) is 2. The van der Waals surface area contributed by atoms with Gasteiger partial charge in [0.15, 0.2) is 0 Å². The van der Waals surface area contributed by atoms with Crippen molar-refractivity contribution in [3.8, 4) is 0 Å². The van der Waals surface area contributed by atoms with E-state index in [1.165, 1.54) is 4.88 Å². The van der Waals surface area contributed by atoms with Gasteiger partial charge in [-0.2, -0.15) is 0 Å². The topological polar surface area (TPSA) is 35.5 Å². The summed E-state index contributed by atoms with van der Waals surface area (Å²) in [7, 11) is 0. The Morgan fingerprint density at radius 2 is 2.53 bits per heavy atom. The number of aliphatic hydroxyl groups excluding tert-OH is 1. The monoisotopic (exact) mass is 226 g/mol. The first-order chi connectivity index (χ1) is 7.40. The van der Waals surface area contributed by atoms with Crippen LogP contribution in [0, 0.1) is 0 Å². The van der Waals surface area contributed by atoms with E-state index in [4.69, 9.17) is 5.11 Å². The lowest BCUT2D eigenvalue weighted by atomic mass is 10.1. The number of rotatable bonds is 4. The Morgan fingerprint density at radius 3 is 3.27 bits per heavy atom. The maximum atomic E-state index is 9.01. The van der Waals surface area contributed by atoms with E-state index in [2.05, 4.69) is 27.7 Å². The van der Waals surface area contributed by atoms with Crippen molar-refractivity contribution in [2.45, 2.75) is 19.0 Å². The number of nitrogens with zero attached hydrogens (tertiary/aromatic N) is 1. The summed E-state index contributed by atoms with van der Waals surface area (Å²) in [5, 5.41) is 14.5. The van der Waals surface area contributed by atoms with Crippen molar-refractivity contribution in [3.63, 3.8) is 0 Å². The number of nitrogens with one attached hydrogen (secondary N) is 1. The predicted octanol–water partition coefficient (Wildman–Crippen LogP) is 0.904. The van der Waals surface area contributed by atoms with E-state index in [0.29, 0.717) is 6.04 Å². The van der Waals surface area contributed by atoms with Crippen LogP contribution in [0.5, 0.6) is 0 Å². The number of piperazine rings is 1. The summed E-state index contributed by atoms with van der Waals surface area (Å²) in [5.74, 6) is 0. The minimum absolute atomic E-state index is 0.285. The molecule has 1 aromatic heterocycles. The molecule has 3 nitrogen and oxygen atoms in total. The van der Waals surface area contributed by atoms with Crippen LogP contribution in [0.3, 0.4) is 0 Å². The van der Waals surface area contributed by atoms with Crippen molar-refractivity contribution in [3.05, 3.63) is 22.4 Å². The SMILES string of the molecule is OCC[C@H]1CNCCN1Cc1cccs1. The van der Waals surface area contributed by atoms with Gasteiger partial charge in [-0.05, 0) is 17.9 Å². The molecule has 1 fully saturated rings. The van der Waals surface area contributed by atoms with E-state index in [1.807, 2.05) is 11.3 Å². The van der Waals surface area contributed by atoms with Crippen LogP contribution in [0.15, 0.2) is 17.5 Å². The highest BCUT2D eigenvalue weighted by atomic mass is 32.1. The van der Waals surface area contributed by atoms with Gasteiger partial charge in [-0.15, -0.1) is 11.3 Å². The standard InChI is InChI=1S/C11H18N2OS/c14-6-3-10-8-12-4-5-13(10)9-11-2-1-7-15-11/h1-2,7,10,12,14H,3-6,8-9H2/t10-/m0/s1. The van der Waals surface area contributed by atoms with E-state index >= 15 is 0 Å². The van der Waals surface area contributed by atoms with Crippen molar-refractivity contribution >= 4 is 11.3 Å². The third-order valence-corrected chi connectivity index (χ3v) is 3.73. The summed E-state index contributed by atoms with van der Waals surface area (Å²) < 4.78 is 0. The number of aliphatic hydroxyl groups is 1. The molecule has 0 spiro atoms. The van der Waals surface area contributed by atoms with Crippen molar-refractivity contribution in [1.82, 2.24) is 10.2 Å². The minimum atomic E-state index is 0.285. The summed E-state index contributed by atoms with van der Waals surface area (Å²) in [6, 6.07) is 4.78. The van der Waals surface area contributed by atoms with Crippen molar-refractivity contribution in [1.29, 1.82) is 0 Å². The van der Waals surface area contributed by atoms with E-state index in [9.17, 15) is 0 Å². The molecule has 0 unspecified atom stereocenters. The van der Waals surface area contributed by atoms with Gasteiger partial charge in [0.25, 0.3) is 0 Å². The molecule has 2 heterocycles. The summed E-state index contributed by atoms with van der Waals surface area (Å²) in [5.41, 5.74) is 0. The Morgan fingerprint density at radius 1 is 1.60 bits per heavy atom. The van der Waals surface area contributed by atoms with Gasteiger partial charge < -0.3 is 10.4 Å². The molecule has 1 aliphatic heterocycles. The highest BCUT2D eigenvalue weighted by Crippen LogP contribution is 2.16. The molecule has 84 valence electrons. The van der Waals surface area contributed by atoms with Crippen LogP contribution >= 0.6 is 11.3 Å². The highest BCUT2D eigenvalue weighted by Gasteiger charge is 2.21. The molecule has 0 aliphatic carbocycles. The largest absolute Gasteiger partial charge is 0.396 e. The second kappa shape index (κ2) is 5.61. The first-order valence-corrected chi connectivity index (χ1v) is 6.36. The minimum Gasteiger partial charge on any atom is -0.396 e. The fraction of sp³-hybridized carbons (Fsp3) is 0.636. The third-order valence-electron chi connectivity index (χ3n) is 2.87. The van der Waals surface area contributed by atoms with Gasteiger partial charge in [0.1, 0.15) is 0 Å². The van der Waals surface area contributed by atoms with Crippen LogP contribution in [0.2, 0.25) is 0 Å². The Balaban J connectivity index is 1.92. The lowest BCUT2D eigenvalue weighted by Gasteiger charge is -2.35. The lowest BCUT2D eigenvalue weighted by molar-refractivity contribution is 0.125. The summed E-state index contributed by atoms with van der Waals surface area (Å²) in [6.07, 6.45) is 0.873. The molecule has 4 heteroatoms. The second-order valence-electron chi connectivity index (χ2n) is 3.92. The Labute approximate surface area is 94.7 Å². The molecule has 0 saturated carbocycles. The first-order valence-electron chi connectivity index (χ1n) is 5.48. The van der Waals surface area contributed by atoms with Crippen LogP contribution in [0.4, 0.5) is 0 Å². The van der Waals surface area contributed by atoms with Gasteiger partial charge in [0.2, 0.25) is 0 Å². The van der Waals surface area contributed by atoms with Gasteiger partial charge in [-0.25, -0.2) is 0 Å². The maximum absolute atomic E-state index is 9.01. The van der Waals surface area contributed by atoms with Gasteiger partial charge in [0, 0.05) is 43.7 Å². The summed E-state index contributed by atoms with van der Waals surface area (Å²) in [4.78, 5) is 3.89. The van der Waals surface area contributed by atoms with Crippen molar-refractivity contribution in [2.24, 2.45) is 0 Å². The fourth-order valence-electron chi connectivity index (χ4n) is 2.05. The molecular formula is C11H18N2OS. The summed E-state index contributed by atoms with van der Waals surface area (Å²) in [6.45, 7) is 4.47. The molecule has 0 amide bonds. The average Bonchev–Trinajstić information content (AvgIpc) is 2.74.